The van der Waals surface area contributed by atoms with Crippen molar-refractivity contribution in [1.29, 1.82) is 0 Å². The van der Waals surface area contributed by atoms with Crippen LogP contribution in [0.5, 0.6) is 0 Å². The van der Waals surface area contributed by atoms with Crippen LogP contribution in [0.1, 0.15) is 24.8 Å². The Morgan fingerprint density at radius 3 is 2.47 bits per heavy atom. The van der Waals surface area contributed by atoms with Gasteiger partial charge in [0.05, 0.1) is 16.7 Å². The fourth-order valence-electron chi connectivity index (χ4n) is 3.29. The van der Waals surface area contributed by atoms with Crippen LogP contribution in [0.3, 0.4) is 0 Å². The Balaban J connectivity index is 1.58. The number of aromatic nitrogens is 3. The smallest absolute Gasteiger partial charge is 0.278 e. The van der Waals surface area contributed by atoms with Crippen LogP contribution in [-0.2, 0) is 0 Å². The first-order valence-corrected chi connectivity index (χ1v) is 10.1. The second-order valence-corrected chi connectivity index (χ2v) is 7.15. The predicted molar refractivity (Wildman–Crippen MR) is 120 cm³/mol. The second-order valence-electron chi connectivity index (χ2n) is 7.15. The highest BCUT2D eigenvalue weighted by Crippen LogP contribution is 2.21. The molecule has 0 saturated carbocycles. The summed E-state index contributed by atoms with van der Waals surface area (Å²) < 4.78 is 13.2. The molecule has 0 bridgehead atoms. The maximum absolute atomic E-state index is 13.2. The fraction of sp³-hybridized carbons (Fsp3) is 0.238. The van der Waals surface area contributed by atoms with Gasteiger partial charge in [0.15, 0.2) is 0 Å². The number of nitrogens with zero attached hydrogens (tertiary/aromatic N) is 6. The van der Waals surface area contributed by atoms with Crippen LogP contribution in [0.2, 0.25) is 0 Å². The highest BCUT2D eigenvalue weighted by Gasteiger charge is 2.16. The molecule has 164 valence electrons. The van der Waals surface area contributed by atoms with E-state index in [0.29, 0.717) is 17.2 Å². The Morgan fingerprint density at radius 2 is 1.72 bits per heavy atom. The summed E-state index contributed by atoms with van der Waals surface area (Å²) in [6, 6.07) is 12.1. The van der Waals surface area contributed by atoms with Gasteiger partial charge in [-0.3, -0.25) is 10.1 Å². The van der Waals surface area contributed by atoms with E-state index in [0.717, 1.165) is 32.4 Å². The standard InChI is InChI=1S/C21H21FN8O2/c22-16-8-10-17(11-9-16)24-19-25-20(27-21(26-19)29-12-4-1-5-13-29)28-23-14-15-6-2-3-7-18(15)30(31)32/h2-3,6-11,14H,1,4-5,12-13H2,(H2,24,25,26,27,28)/b23-14-. The molecule has 4 rings (SSSR count). The van der Waals surface area contributed by atoms with Crippen molar-refractivity contribution in [3.05, 3.63) is 70.0 Å². The van der Waals surface area contributed by atoms with Crippen LogP contribution < -0.4 is 15.6 Å². The third kappa shape index (κ3) is 5.31. The number of para-hydroxylation sites is 1. The van der Waals surface area contributed by atoms with E-state index in [-0.39, 0.29) is 23.4 Å². The zero-order chi connectivity index (χ0) is 22.3. The molecule has 1 saturated heterocycles. The summed E-state index contributed by atoms with van der Waals surface area (Å²) in [4.78, 5) is 26.0. The number of rotatable bonds is 7. The largest absolute Gasteiger partial charge is 0.341 e. The fourth-order valence-corrected chi connectivity index (χ4v) is 3.29. The highest BCUT2D eigenvalue weighted by molar-refractivity contribution is 5.85. The van der Waals surface area contributed by atoms with Gasteiger partial charge in [0, 0.05) is 24.8 Å². The van der Waals surface area contributed by atoms with Gasteiger partial charge in [-0.05, 0) is 49.6 Å². The van der Waals surface area contributed by atoms with Gasteiger partial charge in [0.2, 0.25) is 17.8 Å². The van der Waals surface area contributed by atoms with Crippen LogP contribution in [0, 0.1) is 15.9 Å². The molecule has 1 fully saturated rings. The minimum atomic E-state index is -0.469. The number of nitro groups is 1. The second kappa shape index (κ2) is 9.77. The van der Waals surface area contributed by atoms with Gasteiger partial charge < -0.3 is 10.2 Å². The zero-order valence-electron chi connectivity index (χ0n) is 17.1. The number of hydrogen-bond acceptors (Lipinski definition) is 9. The maximum atomic E-state index is 13.2. The minimum Gasteiger partial charge on any atom is -0.341 e. The van der Waals surface area contributed by atoms with E-state index in [9.17, 15) is 14.5 Å². The van der Waals surface area contributed by atoms with Crippen LogP contribution in [0.15, 0.2) is 53.6 Å². The number of nitro benzene ring substituents is 1. The van der Waals surface area contributed by atoms with E-state index in [2.05, 4.69) is 35.7 Å². The number of anilines is 4. The number of hydrogen-bond donors (Lipinski definition) is 2. The van der Waals surface area contributed by atoms with Crippen molar-refractivity contribution in [1.82, 2.24) is 15.0 Å². The van der Waals surface area contributed by atoms with Crippen molar-refractivity contribution in [2.24, 2.45) is 5.10 Å². The zero-order valence-corrected chi connectivity index (χ0v) is 17.1. The first-order chi connectivity index (χ1) is 15.6. The van der Waals surface area contributed by atoms with E-state index < -0.39 is 4.92 Å². The van der Waals surface area contributed by atoms with Crippen LogP contribution in [0.4, 0.5) is 33.6 Å². The number of nitrogens with one attached hydrogen (secondary N) is 2. The van der Waals surface area contributed by atoms with E-state index in [1.807, 2.05) is 0 Å². The van der Waals surface area contributed by atoms with Gasteiger partial charge in [0.25, 0.3) is 5.69 Å². The SMILES string of the molecule is O=[N+]([O-])c1ccccc1/C=N\Nc1nc(Nc2ccc(F)cc2)nc(N2CCCCC2)n1. The summed E-state index contributed by atoms with van der Waals surface area (Å²) in [5.41, 5.74) is 3.65. The molecule has 1 aromatic heterocycles. The Hall–Kier alpha value is -4.15. The lowest BCUT2D eigenvalue weighted by Gasteiger charge is -2.26. The van der Waals surface area contributed by atoms with Gasteiger partial charge >= 0.3 is 0 Å². The Bertz CT molecular complexity index is 1120. The van der Waals surface area contributed by atoms with Crippen molar-refractivity contribution in [3.63, 3.8) is 0 Å². The Kier molecular flexibility index (Phi) is 6.44. The van der Waals surface area contributed by atoms with Crippen molar-refractivity contribution >= 4 is 35.4 Å². The summed E-state index contributed by atoms with van der Waals surface area (Å²) in [5.74, 6) is 0.607. The summed E-state index contributed by atoms with van der Waals surface area (Å²) in [6.45, 7) is 1.66. The first-order valence-electron chi connectivity index (χ1n) is 10.1. The quantitative estimate of drug-likeness (QED) is 0.323. The van der Waals surface area contributed by atoms with Crippen molar-refractivity contribution in [2.75, 3.05) is 28.7 Å². The molecule has 3 aromatic rings. The summed E-state index contributed by atoms with van der Waals surface area (Å²) in [7, 11) is 0. The third-order valence-corrected chi connectivity index (χ3v) is 4.86. The van der Waals surface area contributed by atoms with Gasteiger partial charge in [0.1, 0.15) is 5.82 Å². The first kappa shape index (κ1) is 21.1. The van der Waals surface area contributed by atoms with Gasteiger partial charge in [-0.25, -0.2) is 9.82 Å². The molecule has 11 heteroatoms. The van der Waals surface area contributed by atoms with Gasteiger partial charge in [-0.2, -0.15) is 20.1 Å². The molecule has 32 heavy (non-hydrogen) atoms. The molecule has 2 N–H and O–H groups in total. The maximum Gasteiger partial charge on any atom is 0.278 e. The lowest BCUT2D eigenvalue weighted by Crippen LogP contribution is -2.31. The lowest BCUT2D eigenvalue weighted by atomic mass is 10.1. The molecule has 0 amide bonds. The van der Waals surface area contributed by atoms with E-state index in [1.165, 1.54) is 24.4 Å². The highest BCUT2D eigenvalue weighted by atomic mass is 19.1. The Labute approximate surface area is 183 Å². The molecule has 0 radical (unpaired) electrons. The molecule has 0 aliphatic carbocycles. The molecule has 0 unspecified atom stereocenters. The van der Waals surface area contributed by atoms with E-state index >= 15 is 0 Å². The van der Waals surface area contributed by atoms with Gasteiger partial charge in [-0.15, -0.1) is 0 Å². The monoisotopic (exact) mass is 436 g/mol. The van der Waals surface area contributed by atoms with Crippen molar-refractivity contribution < 1.29 is 9.31 Å². The number of benzene rings is 2. The number of halogens is 1. The molecule has 1 aliphatic rings. The normalized spacial score (nSPS) is 13.8. The van der Waals surface area contributed by atoms with Gasteiger partial charge in [-0.1, -0.05) is 12.1 Å². The molecule has 10 nitrogen and oxygen atoms in total. The minimum absolute atomic E-state index is 0.0543. The average Bonchev–Trinajstić information content (AvgIpc) is 2.81. The van der Waals surface area contributed by atoms with E-state index in [4.69, 9.17) is 0 Å². The Morgan fingerprint density at radius 1 is 1.00 bits per heavy atom. The van der Waals surface area contributed by atoms with Crippen LogP contribution in [0.25, 0.3) is 0 Å². The number of piperidine rings is 1. The summed E-state index contributed by atoms with van der Waals surface area (Å²) in [5, 5.41) is 18.3. The average molecular weight is 436 g/mol. The van der Waals surface area contributed by atoms with Crippen molar-refractivity contribution in [2.45, 2.75) is 19.3 Å². The lowest BCUT2D eigenvalue weighted by molar-refractivity contribution is -0.385. The van der Waals surface area contributed by atoms with Crippen LogP contribution in [-0.4, -0.2) is 39.2 Å². The number of hydrazone groups is 1. The molecular weight excluding hydrogens is 415 g/mol. The predicted octanol–water partition coefficient (Wildman–Crippen LogP) is 4.10. The molecule has 0 spiro atoms. The summed E-state index contributed by atoms with van der Waals surface area (Å²) >= 11 is 0. The molecule has 0 atom stereocenters. The third-order valence-electron chi connectivity index (χ3n) is 4.86. The van der Waals surface area contributed by atoms with Crippen molar-refractivity contribution in [3.8, 4) is 0 Å². The molecule has 2 aromatic carbocycles. The topological polar surface area (TPSA) is 121 Å². The molecule has 2 heterocycles. The molecule has 1 aliphatic heterocycles. The van der Waals surface area contributed by atoms with Crippen LogP contribution >= 0.6 is 0 Å². The summed E-state index contributed by atoms with van der Waals surface area (Å²) in [6.07, 6.45) is 4.60. The molecular formula is C21H21FN8O2. The van der Waals surface area contributed by atoms with E-state index in [1.54, 1.807) is 30.3 Å².